The molecule has 0 aliphatic carbocycles. The van der Waals surface area contributed by atoms with Crippen LogP contribution < -0.4 is 0 Å². The van der Waals surface area contributed by atoms with Gasteiger partial charge in [0.2, 0.25) is 0 Å². The summed E-state index contributed by atoms with van der Waals surface area (Å²) in [5.41, 5.74) is 2.81. The van der Waals surface area contributed by atoms with Crippen molar-refractivity contribution in [1.29, 1.82) is 0 Å². The van der Waals surface area contributed by atoms with Gasteiger partial charge in [-0.25, -0.2) is 0 Å². The van der Waals surface area contributed by atoms with Crippen LogP contribution in [0, 0.1) is 6.07 Å². The van der Waals surface area contributed by atoms with E-state index in [9.17, 15) is 4.79 Å². The highest BCUT2D eigenvalue weighted by Crippen LogP contribution is 2.23. The highest BCUT2D eigenvalue weighted by atomic mass is 16.4. The van der Waals surface area contributed by atoms with Gasteiger partial charge in [-0.15, -0.1) is 0 Å². The second-order valence-corrected chi connectivity index (χ2v) is 3.96. The van der Waals surface area contributed by atoms with Crippen LogP contribution in [0.15, 0.2) is 48.5 Å². The van der Waals surface area contributed by atoms with Crippen LogP contribution in [-0.2, 0) is 4.79 Å². The van der Waals surface area contributed by atoms with E-state index in [4.69, 9.17) is 5.11 Å². The topological polar surface area (TPSA) is 37.3 Å². The third-order valence-corrected chi connectivity index (χ3v) is 2.77. The summed E-state index contributed by atoms with van der Waals surface area (Å²) >= 11 is 0. The molecule has 1 N–H and O–H groups in total. The molecule has 0 saturated heterocycles. The predicted octanol–water partition coefficient (Wildman–Crippen LogP) is 3.34. The van der Waals surface area contributed by atoms with Crippen LogP contribution in [0.5, 0.6) is 0 Å². The van der Waals surface area contributed by atoms with Gasteiger partial charge in [-0.2, -0.15) is 0 Å². The molecule has 0 fully saturated rings. The number of rotatable bonds is 3. The smallest absolute Gasteiger partial charge is 0.310 e. The van der Waals surface area contributed by atoms with E-state index in [1.165, 1.54) is 0 Å². The minimum Gasteiger partial charge on any atom is -0.481 e. The van der Waals surface area contributed by atoms with Gasteiger partial charge in [-0.05, 0) is 35.7 Å². The maximum absolute atomic E-state index is 10.9. The third kappa shape index (κ3) is 2.53. The van der Waals surface area contributed by atoms with Crippen LogP contribution in [0.25, 0.3) is 11.1 Å². The van der Waals surface area contributed by atoms with Crippen LogP contribution in [0.3, 0.4) is 0 Å². The summed E-state index contributed by atoms with van der Waals surface area (Å²) in [5, 5.41) is 8.98. The van der Waals surface area contributed by atoms with E-state index in [-0.39, 0.29) is 0 Å². The van der Waals surface area contributed by atoms with E-state index in [0.29, 0.717) is 5.56 Å². The van der Waals surface area contributed by atoms with Crippen molar-refractivity contribution >= 4 is 5.97 Å². The Bertz CT molecular complexity index is 517. The van der Waals surface area contributed by atoms with Crippen molar-refractivity contribution < 1.29 is 9.90 Å². The summed E-state index contributed by atoms with van der Waals surface area (Å²) in [6.07, 6.45) is 0. The summed E-state index contributed by atoms with van der Waals surface area (Å²) in [4.78, 5) is 10.9. The molecular weight excluding hydrogens is 212 g/mol. The van der Waals surface area contributed by atoms with Gasteiger partial charge in [0.05, 0.1) is 5.92 Å². The molecule has 2 rings (SSSR count). The van der Waals surface area contributed by atoms with Gasteiger partial charge in [0, 0.05) is 0 Å². The first kappa shape index (κ1) is 11.4. The molecule has 2 heteroatoms. The predicted molar refractivity (Wildman–Crippen MR) is 66.8 cm³/mol. The SMILES string of the molecule is CC(C(=O)O)c1[c]ccc(-c2ccccc2)c1. The Morgan fingerprint density at radius 3 is 2.53 bits per heavy atom. The lowest BCUT2D eigenvalue weighted by Gasteiger charge is -2.08. The van der Waals surface area contributed by atoms with Crippen molar-refractivity contribution in [2.24, 2.45) is 0 Å². The lowest BCUT2D eigenvalue weighted by molar-refractivity contribution is -0.138. The fourth-order valence-corrected chi connectivity index (χ4v) is 1.68. The molecule has 0 spiro atoms. The number of benzene rings is 2. The first-order valence-electron chi connectivity index (χ1n) is 5.48. The fraction of sp³-hybridized carbons (Fsp3) is 0.133. The van der Waals surface area contributed by atoms with Gasteiger partial charge in [-0.1, -0.05) is 42.5 Å². The minimum atomic E-state index is -0.827. The molecule has 1 atom stereocenters. The Labute approximate surface area is 101 Å². The lowest BCUT2D eigenvalue weighted by Crippen LogP contribution is -2.07. The molecular formula is C15H13O2. The normalized spacial score (nSPS) is 12.1. The fourth-order valence-electron chi connectivity index (χ4n) is 1.68. The standard InChI is InChI=1S/C15H13O2/c1-11(15(16)17)13-8-5-9-14(10-13)12-6-3-2-4-7-12/h2-7,9-11H,1H3,(H,16,17). The van der Waals surface area contributed by atoms with E-state index in [0.717, 1.165) is 11.1 Å². The zero-order valence-electron chi connectivity index (χ0n) is 9.55. The van der Waals surface area contributed by atoms with Crippen LogP contribution in [0.2, 0.25) is 0 Å². The first-order valence-corrected chi connectivity index (χ1v) is 5.48. The second kappa shape index (κ2) is 4.83. The van der Waals surface area contributed by atoms with Gasteiger partial charge in [0.1, 0.15) is 0 Å². The molecule has 2 nitrogen and oxygen atoms in total. The third-order valence-electron chi connectivity index (χ3n) is 2.77. The van der Waals surface area contributed by atoms with Crippen LogP contribution in [0.1, 0.15) is 18.4 Å². The highest BCUT2D eigenvalue weighted by Gasteiger charge is 2.14. The Morgan fingerprint density at radius 2 is 1.88 bits per heavy atom. The summed E-state index contributed by atoms with van der Waals surface area (Å²) in [6.45, 7) is 1.67. The minimum absolute atomic E-state index is 0.529. The van der Waals surface area contributed by atoms with Crippen LogP contribution in [-0.4, -0.2) is 11.1 Å². The average Bonchev–Trinajstić information content (AvgIpc) is 2.39. The molecule has 0 amide bonds. The molecule has 0 aliphatic heterocycles. The molecule has 2 aromatic carbocycles. The lowest BCUT2D eigenvalue weighted by atomic mass is 9.96. The van der Waals surface area contributed by atoms with Crippen molar-refractivity contribution in [3.63, 3.8) is 0 Å². The van der Waals surface area contributed by atoms with E-state index < -0.39 is 11.9 Å². The number of carbonyl (C=O) groups is 1. The monoisotopic (exact) mass is 225 g/mol. The van der Waals surface area contributed by atoms with Crippen molar-refractivity contribution in [3.05, 3.63) is 60.2 Å². The van der Waals surface area contributed by atoms with Gasteiger partial charge >= 0.3 is 5.97 Å². The van der Waals surface area contributed by atoms with Gasteiger partial charge < -0.3 is 5.11 Å². The van der Waals surface area contributed by atoms with E-state index in [2.05, 4.69) is 6.07 Å². The Morgan fingerprint density at radius 1 is 1.18 bits per heavy atom. The van der Waals surface area contributed by atoms with E-state index in [1.807, 2.05) is 42.5 Å². The summed E-state index contributed by atoms with van der Waals surface area (Å²) in [5.74, 6) is -1.36. The zero-order chi connectivity index (χ0) is 12.3. The van der Waals surface area contributed by atoms with Crippen LogP contribution in [0.4, 0.5) is 0 Å². The Balaban J connectivity index is 2.39. The Kier molecular flexibility index (Phi) is 3.24. The second-order valence-electron chi connectivity index (χ2n) is 3.96. The first-order chi connectivity index (χ1) is 8.18. The average molecular weight is 225 g/mol. The maximum atomic E-state index is 10.9. The van der Waals surface area contributed by atoms with Gasteiger partial charge in [-0.3, -0.25) is 4.79 Å². The molecule has 0 aliphatic rings. The largest absolute Gasteiger partial charge is 0.481 e. The van der Waals surface area contributed by atoms with Crippen molar-refractivity contribution in [2.45, 2.75) is 12.8 Å². The van der Waals surface area contributed by atoms with Gasteiger partial charge in [0.25, 0.3) is 0 Å². The number of hydrogen-bond acceptors (Lipinski definition) is 1. The summed E-state index contributed by atoms with van der Waals surface area (Å²) in [7, 11) is 0. The van der Waals surface area contributed by atoms with E-state index in [1.54, 1.807) is 13.0 Å². The molecule has 1 radical (unpaired) electrons. The molecule has 0 heterocycles. The zero-order valence-corrected chi connectivity index (χ0v) is 9.55. The number of aliphatic carboxylic acids is 1. The Hall–Kier alpha value is -2.09. The van der Waals surface area contributed by atoms with Crippen molar-refractivity contribution in [1.82, 2.24) is 0 Å². The molecule has 1 unspecified atom stereocenters. The molecule has 17 heavy (non-hydrogen) atoms. The van der Waals surface area contributed by atoms with Gasteiger partial charge in [0.15, 0.2) is 0 Å². The number of carboxylic acids is 1. The van der Waals surface area contributed by atoms with Crippen molar-refractivity contribution in [3.8, 4) is 11.1 Å². The molecule has 0 aromatic heterocycles. The molecule has 0 bridgehead atoms. The number of carboxylic acid groups (broad SMARTS) is 1. The van der Waals surface area contributed by atoms with E-state index >= 15 is 0 Å². The quantitative estimate of drug-likeness (QED) is 0.869. The molecule has 0 saturated carbocycles. The molecule has 2 aromatic rings. The maximum Gasteiger partial charge on any atom is 0.310 e. The van der Waals surface area contributed by atoms with Crippen molar-refractivity contribution in [2.75, 3.05) is 0 Å². The number of hydrogen-bond donors (Lipinski definition) is 1. The summed E-state index contributed by atoms with van der Waals surface area (Å²) in [6, 6.07) is 18.5. The molecule has 85 valence electrons. The highest BCUT2D eigenvalue weighted by molar-refractivity contribution is 5.76. The van der Waals surface area contributed by atoms with Crippen LogP contribution >= 0.6 is 0 Å². The summed E-state index contributed by atoms with van der Waals surface area (Å²) < 4.78 is 0.